The Labute approximate surface area is 60.4 Å². The molecule has 1 saturated heterocycles. The molecule has 0 aromatic heterocycles. The third-order valence-corrected chi connectivity index (χ3v) is 1.01. The van der Waals surface area contributed by atoms with Crippen molar-refractivity contribution >= 4 is 0 Å². The zero-order valence-electron chi connectivity index (χ0n) is 6.28. The number of hydrogen-bond donors (Lipinski definition) is 2. The van der Waals surface area contributed by atoms with E-state index in [-0.39, 0.29) is 6.29 Å². The van der Waals surface area contributed by atoms with Crippen LogP contribution in [0.15, 0.2) is 0 Å². The van der Waals surface area contributed by atoms with Crippen molar-refractivity contribution in [1.29, 1.82) is 0 Å². The van der Waals surface area contributed by atoms with Crippen molar-refractivity contribution in [3.63, 3.8) is 0 Å². The first kappa shape index (κ1) is 9.84. The maximum Gasteiger partial charge on any atom is 0.162 e. The van der Waals surface area contributed by atoms with Gasteiger partial charge in [-0.15, -0.1) is 0 Å². The fourth-order valence-electron chi connectivity index (χ4n) is 0.541. The van der Waals surface area contributed by atoms with Gasteiger partial charge in [-0.3, -0.25) is 0 Å². The van der Waals surface area contributed by atoms with Crippen LogP contribution in [0.3, 0.4) is 0 Å². The molecule has 0 aromatic carbocycles. The van der Waals surface area contributed by atoms with Crippen LogP contribution in [-0.4, -0.2) is 36.5 Å². The van der Waals surface area contributed by atoms with Crippen LogP contribution in [0.5, 0.6) is 0 Å². The zero-order chi connectivity index (χ0) is 7.98. The van der Waals surface area contributed by atoms with Crippen LogP contribution in [0, 0.1) is 0 Å². The zero-order valence-corrected chi connectivity index (χ0v) is 6.28. The van der Waals surface area contributed by atoms with Gasteiger partial charge in [0.25, 0.3) is 0 Å². The van der Waals surface area contributed by atoms with Gasteiger partial charge in [-0.1, -0.05) is 0 Å². The first-order chi connectivity index (χ1) is 4.79. The fourth-order valence-corrected chi connectivity index (χ4v) is 0.541. The van der Waals surface area contributed by atoms with Gasteiger partial charge in [-0.05, 0) is 6.92 Å². The van der Waals surface area contributed by atoms with Gasteiger partial charge in [-0.25, -0.2) is 0 Å². The Morgan fingerprint density at radius 2 is 2.10 bits per heavy atom. The lowest BCUT2D eigenvalue weighted by Crippen LogP contribution is -2.32. The fraction of sp³-hybridized carbons (Fsp3) is 1.00. The molecule has 0 aromatic rings. The molecule has 10 heavy (non-hydrogen) atoms. The van der Waals surface area contributed by atoms with Gasteiger partial charge in [0.2, 0.25) is 0 Å². The molecule has 1 aliphatic rings. The minimum absolute atomic E-state index is 0.144. The standard InChI is InChI=1S/C5H10O3.CH4O/c1-4(6)8-5-2-3-7-5;1-2/h4-6H,2-3H2,1H3;2H,1H3. The van der Waals surface area contributed by atoms with Gasteiger partial charge in [-0.2, -0.15) is 0 Å². The second kappa shape index (κ2) is 5.61. The second-order valence-electron chi connectivity index (χ2n) is 1.82. The molecule has 1 heterocycles. The summed E-state index contributed by atoms with van der Waals surface area (Å²) in [5, 5.41) is 15.6. The van der Waals surface area contributed by atoms with Crippen molar-refractivity contribution in [2.75, 3.05) is 13.7 Å². The summed E-state index contributed by atoms with van der Waals surface area (Å²) in [5.41, 5.74) is 0. The highest BCUT2D eigenvalue weighted by Crippen LogP contribution is 2.12. The van der Waals surface area contributed by atoms with Crippen LogP contribution < -0.4 is 0 Å². The predicted octanol–water partition coefficient (Wildman–Crippen LogP) is -0.304. The smallest absolute Gasteiger partial charge is 0.162 e. The SMILES string of the molecule is CC(O)OC1CCO1.CO. The molecule has 2 atom stereocenters. The average molecular weight is 150 g/mol. The van der Waals surface area contributed by atoms with Crippen LogP contribution in [0.4, 0.5) is 0 Å². The average Bonchev–Trinajstić information content (AvgIpc) is 1.84. The maximum atomic E-state index is 8.59. The van der Waals surface area contributed by atoms with Crippen molar-refractivity contribution in [3.05, 3.63) is 0 Å². The molecule has 1 rings (SSSR count). The Bertz CT molecular complexity index is 70.1. The van der Waals surface area contributed by atoms with E-state index in [1.54, 1.807) is 6.92 Å². The van der Waals surface area contributed by atoms with E-state index >= 15 is 0 Å². The van der Waals surface area contributed by atoms with Crippen LogP contribution in [0.2, 0.25) is 0 Å². The third-order valence-electron chi connectivity index (χ3n) is 1.01. The summed E-state index contributed by atoms with van der Waals surface area (Å²) >= 11 is 0. The third kappa shape index (κ3) is 3.79. The Balaban J connectivity index is 0.000000371. The molecule has 1 fully saturated rings. The Hall–Kier alpha value is -0.160. The molecule has 62 valence electrons. The minimum Gasteiger partial charge on any atom is -0.400 e. The lowest BCUT2D eigenvalue weighted by atomic mass is 10.3. The molecule has 1 aliphatic heterocycles. The van der Waals surface area contributed by atoms with E-state index in [0.717, 1.165) is 20.1 Å². The number of aliphatic hydroxyl groups is 2. The van der Waals surface area contributed by atoms with Crippen LogP contribution in [0.25, 0.3) is 0 Å². The van der Waals surface area contributed by atoms with Gasteiger partial charge >= 0.3 is 0 Å². The molecule has 0 saturated carbocycles. The molecular formula is C6H14O4. The van der Waals surface area contributed by atoms with Crippen molar-refractivity contribution in [1.82, 2.24) is 0 Å². The Kier molecular flexibility index (Phi) is 5.52. The molecular weight excluding hydrogens is 136 g/mol. The second-order valence-corrected chi connectivity index (χ2v) is 1.82. The summed E-state index contributed by atoms with van der Waals surface area (Å²) in [5.74, 6) is 0. The van der Waals surface area contributed by atoms with Gasteiger partial charge in [0, 0.05) is 13.5 Å². The highest BCUT2D eigenvalue weighted by atomic mass is 16.7. The molecule has 0 radical (unpaired) electrons. The van der Waals surface area contributed by atoms with E-state index < -0.39 is 6.29 Å². The van der Waals surface area contributed by atoms with E-state index in [9.17, 15) is 0 Å². The quantitative estimate of drug-likeness (QED) is 0.530. The number of aliphatic hydroxyl groups excluding tert-OH is 2. The largest absolute Gasteiger partial charge is 0.400 e. The van der Waals surface area contributed by atoms with E-state index in [4.69, 9.17) is 19.7 Å². The summed E-state index contributed by atoms with van der Waals surface area (Å²) in [4.78, 5) is 0. The van der Waals surface area contributed by atoms with E-state index in [1.807, 2.05) is 0 Å². The molecule has 0 aliphatic carbocycles. The Morgan fingerprint density at radius 1 is 1.60 bits per heavy atom. The molecule has 0 spiro atoms. The first-order valence-electron chi connectivity index (χ1n) is 3.19. The van der Waals surface area contributed by atoms with Gasteiger partial charge in [0.15, 0.2) is 12.6 Å². The van der Waals surface area contributed by atoms with Gasteiger partial charge in [0.05, 0.1) is 6.61 Å². The summed E-state index contributed by atoms with van der Waals surface area (Å²) in [6, 6.07) is 0. The lowest BCUT2D eigenvalue weighted by Gasteiger charge is -2.27. The predicted molar refractivity (Wildman–Crippen MR) is 35.3 cm³/mol. The summed E-state index contributed by atoms with van der Waals surface area (Å²) in [6.07, 6.45) is 0.0700. The summed E-state index contributed by atoms with van der Waals surface area (Å²) in [7, 11) is 1.00. The normalized spacial score (nSPS) is 25.8. The number of hydrogen-bond acceptors (Lipinski definition) is 4. The highest BCUT2D eigenvalue weighted by Gasteiger charge is 2.19. The van der Waals surface area contributed by atoms with E-state index in [1.165, 1.54) is 0 Å². The summed E-state index contributed by atoms with van der Waals surface area (Å²) < 4.78 is 9.68. The van der Waals surface area contributed by atoms with Crippen molar-refractivity contribution < 1.29 is 19.7 Å². The van der Waals surface area contributed by atoms with Crippen LogP contribution in [-0.2, 0) is 9.47 Å². The van der Waals surface area contributed by atoms with E-state index in [2.05, 4.69) is 0 Å². The Morgan fingerprint density at radius 3 is 2.20 bits per heavy atom. The topological polar surface area (TPSA) is 58.9 Å². The minimum atomic E-state index is -0.694. The molecule has 2 N–H and O–H groups in total. The molecule has 0 amide bonds. The van der Waals surface area contributed by atoms with Crippen molar-refractivity contribution in [2.24, 2.45) is 0 Å². The van der Waals surface area contributed by atoms with Crippen LogP contribution in [0.1, 0.15) is 13.3 Å². The molecule has 2 unspecified atom stereocenters. The maximum absolute atomic E-state index is 8.59. The van der Waals surface area contributed by atoms with Crippen molar-refractivity contribution in [3.8, 4) is 0 Å². The number of rotatable bonds is 2. The molecule has 4 heteroatoms. The van der Waals surface area contributed by atoms with Gasteiger partial charge < -0.3 is 19.7 Å². The van der Waals surface area contributed by atoms with E-state index in [0.29, 0.717) is 0 Å². The lowest BCUT2D eigenvalue weighted by molar-refractivity contribution is -0.271. The van der Waals surface area contributed by atoms with Crippen molar-refractivity contribution in [2.45, 2.75) is 25.9 Å². The van der Waals surface area contributed by atoms with Crippen LogP contribution >= 0.6 is 0 Å². The number of ether oxygens (including phenoxy) is 2. The first-order valence-corrected chi connectivity index (χ1v) is 3.19. The monoisotopic (exact) mass is 150 g/mol. The van der Waals surface area contributed by atoms with Gasteiger partial charge in [0.1, 0.15) is 0 Å². The summed E-state index contributed by atoms with van der Waals surface area (Å²) in [6.45, 7) is 2.33. The molecule has 0 bridgehead atoms. The molecule has 4 nitrogen and oxygen atoms in total. The highest BCUT2D eigenvalue weighted by molar-refractivity contribution is 4.53.